The van der Waals surface area contributed by atoms with E-state index in [9.17, 15) is 0 Å². The molecule has 0 amide bonds. The van der Waals surface area contributed by atoms with E-state index in [-0.39, 0.29) is 11.4 Å². The predicted molar refractivity (Wildman–Crippen MR) is 88.6 cm³/mol. The van der Waals surface area contributed by atoms with Crippen LogP contribution in [0.15, 0.2) is 59.0 Å². The average molecular weight is 328 g/mol. The molecule has 0 aliphatic carbocycles. The Balaban J connectivity index is 1.69. The third-order valence-electron chi connectivity index (χ3n) is 3.27. The van der Waals surface area contributed by atoms with Crippen molar-refractivity contribution in [1.82, 2.24) is 9.78 Å². The van der Waals surface area contributed by atoms with Gasteiger partial charge in [0.2, 0.25) is 5.89 Å². The summed E-state index contributed by atoms with van der Waals surface area (Å²) in [5, 5.41) is 13.2. The van der Waals surface area contributed by atoms with Gasteiger partial charge in [-0.15, -0.1) is 5.10 Å². The maximum Gasteiger partial charge on any atom is 0.287 e. The van der Waals surface area contributed by atoms with Gasteiger partial charge in [0.05, 0.1) is 13.2 Å². The Morgan fingerprint density at radius 2 is 1.83 bits per heavy atom. The number of hydrogen-bond donors (Lipinski definition) is 1. The zero-order valence-electron chi connectivity index (χ0n) is 12.4. The van der Waals surface area contributed by atoms with Crippen LogP contribution in [0.25, 0.3) is 11.5 Å². The molecule has 6 heteroatoms. The Kier molecular flexibility index (Phi) is 4.85. The summed E-state index contributed by atoms with van der Waals surface area (Å²) in [5.74, 6) is 1.20. The number of rotatable bonds is 6. The van der Waals surface area contributed by atoms with E-state index in [1.807, 2.05) is 54.6 Å². The van der Waals surface area contributed by atoms with E-state index in [2.05, 4.69) is 5.10 Å². The lowest BCUT2D eigenvalue weighted by Crippen LogP contribution is -2.03. The molecule has 2 aromatic carbocycles. The largest absolute Gasteiger partial charge is 0.489 e. The summed E-state index contributed by atoms with van der Waals surface area (Å²) >= 11 is 5.06. The summed E-state index contributed by atoms with van der Waals surface area (Å²) in [4.78, 5) is 0.249. The molecule has 0 aliphatic heterocycles. The maximum atomic E-state index is 8.95. The molecule has 0 unspecified atom stereocenters. The number of aliphatic hydroxyl groups is 1. The second kappa shape index (κ2) is 7.21. The number of aromatic nitrogens is 2. The van der Waals surface area contributed by atoms with E-state index < -0.39 is 0 Å². The third-order valence-corrected chi connectivity index (χ3v) is 3.56. The fourth-order valence-corrected chi connectivity index (χ4v) is 2.30. The summed E-state index contributed by atoms with van der Waals surface area (Å²) in [5.41, 5.74) is 1.92. The Bertz CT molecular complexity index is 810. The van der Waals surface area contributed by atoms with Gasteiger partial charge in [-0.05, 0) is 42.0 Å². The van der Waals surface area contributed by atoms with Crippen molar-refractivity contribution < 1.29 is 14.3 Å². The van der Waals surface area contributed by atoms with E-state index >= 15 is 0 Å². The molecule has 23 heavy (non-hydrogen) atoms. The van der Waals surface area contributed by atoms with Crippen molar-refractivity contribution in [1.29, 1.82) is 0 Å². The molecule has 3 aromatic rings. The molecular formula is C17H16N2O3S. The van der Waals surface area contributed by atoms with Crippen LogP contribution in [-0.4, -0.2) is 21.5 Å². The highest BCUT2D eigenvalue weighted by Crippen LogP contribution is 2.22. The number of ether oxygens (including phenoxy) is 1. The molecule has 118 valence electrons. The smallest absolute Gasteiger partial charge is 0.287 e. The van der Waals surface area contributed by atoms with Gasteiger partial charge < -0.3 is 14.3 Å². The van der Waals surface area contributed by atoms with Gasteiger partial charge in [-0.25, -0.2) is 4.68 Å². The minimum Gasteiger partial charge on any atom is -0.489 e. The van der Waals surface area contributed by atoms with Crippen LogP contribution in [0.4, 0.5) is 0 Å². The van der Waals surface area contributed by atoms with Crippen molar-refractivity contribution in [2.45, 2.75) is 13.2 Å². The summed E-state index contributed by atoms with van der Waals surface area (Å²) < 4.78 is 12.6. The molecule has 0 bridgehead atoms. The Morgan fingerprint density at radius 3 is 2.52 bits per heavy atom. The standard InChI is InChI=1S/C17H16N2O3S/c20-11-10-19-17(23)22-16(18-19)14-6-8-15(9-7-14)21-12-13-4-2-1-3-5-13/h1-9,20H,10-12H2. The molecule has 5 nitrogen and oxygen atoms in total. The first-order valence-electron chi connectivity index (χ1n) is 7.22. The van der Waals surface area contributed by atoms with Gasteiger partial charge in [-0.2, -0.15) is 0 Å². The lowest BCUT2D eigenvalue weighted by molar-refractivity contribution is 0.266. The molecule has 0 aliphatic rings. The molecule has 0 atom stereocenters. The zero-order chi connectivity index (χ0) is 16.1. The second-order valence-corrected chi connectivity index (χ2v) is 5.27. The van der Waals surface area contributed by atoms with Gasteiger partial charge in [0.15, 0.2) is 0 Å². The van der Waals surface area contributed by atoms with Crippen LogP contribution in [0.1, 0.15) is 5.56 Å². The Labute approximate surface area is 138 Å². The predicted octanol–water partition coefficient (Wildman–Crippen LogP) is 3.44. The SMILES string of the molecule is OCCn1nc(-c2ccc(OCc3ccccc3)cc2)oc1=S. The average Bonchev–Trinajstić information content (AvgIpc) is 2.96. The summed E-state index contributed by atoms with van der Waals surface area (Å²) in [6, 6.07) is 17.4. The fourth-order valence-electron chi connectivity index (χ4n) is 2.09. The van der Waals surface area contributed by atoms with Crippen LogP contribution >= 0.6 is 12.2 Å². The molecule has 1 heterocycles. The van der Waals surface area contributed by atoms with Gasteiger partial charge in [-0.1, -0.05) is 30.3 Å². The third kappa shape index (κ3) is 3.85. The molecule has 0 spiro atoms. The fraction of sp³-hybridized carbons (Fsp3) is 0.176. The van der Waals surface area contributed by atoms with Crippen LogP contribution in [0.3, 0.4) is 0 Å². The lowest BCUT2D eigenvalue weighted by Gasteiger charge is -2.06. The van der Waals surface area contributed by atoms with Crippen molar-refractivity contribution in [3.8, 4) is 17.2 Å². The van der Waals surface area contributed by atoms with Gasteiger partial charge in [0, 0.05) is 5.56 Å². The molecule has 1 N–H and O–H groups in total. The zero-order valence-corrected chi connectivity index (χ0v) is 13.2. The van der Waals surface area contributed by atoms with Gasteiger partial charge in [0.25, 0.3) is 4.84 Å². The molecule has 0 saturated heterocycles. The first kappa shape index (κ1) is 15.5. The van der Waals surface area contributed by atoms with Crippen LogP contribution < -0.4 is 4.74 Å². The van der Waals surface area contributed by atoms with Crippen molar-refractivity contribution in [3.63, 3.8) is 0 Å². The van der Waals surface area contributed by atoms with Crippen molar-refractivity contribution in [2.24, 2.45) is 0 Å². The summed E-state index contributed by atoms with van der Waals surface area (Å²) in [7, 11) is 0. The van der Waals surface area contributed by atoms with Gasteiger partial charge in [0.1, 0.15) is 12.4 Å². The molecule has 1 aromatic heterocycles. The minimum absolute atomic E-state index is 0.0352. The Morgan fingerprint density at radius 1 is 1.09 bits per heavy atom. The van der Waals surface area contributed by atoms with Crippen molar-refractivity contribution in [2.75, 3.05) is 6.61 Å². The molecule has 3 rings (SSSR count). The highest BCUT2D eigenvalue weighted by molar-refractivity contribution is 7.71. The minimum atomic E-state index is -0.0352. The van der Waals surface area contributed by atoms with Crippen molar-refractivity contribution in [3.05, 3.63) is 65.0 Å². The first-order valence-corrected chi connectivity index (χ1v) is 7.63. The van der Waals surface area contributed by atoms with E-state index in [1.165, 1.54) is 4.68 Å². The van der Waals surface area contributed by atoms with Gasteiger partial charge >= 0.3 is 0 Å². The number of hydrogen-bond acceptors (Lipinski definition) is 5. The molecule has 0 saturated carbocycles. The van der Waals surface area contributed by atoms with E-state index in [0.29, 0.717) is 19.0 Å². The highest BCUT2D eigenvalue weighted by atomic mass is 32.1. The number of benzene rings is 2. The van der Waals surface area contributed by atoms with E-state index in [4.69, 9.17) is 26.5 Å². The first-order chi connectivity index (χ1) is 11.3. The van der Waals surface area contributed by atoms with E-state index in [1.54, 1.807) is 0 Å². The molecule has 0 radical (unpaired) electrons. The number of aliphatic hydroxyl groups excluding tert-OH is 1. The van der Waals surface area contributed by atoms with Crippen LogP contribution in [0.2, 0.25) is 0 Å². The van der Waals surface area contributed by atoms with Crippen LogP contribution in [0.5, 0.6) is 5.75 Å². The maximum absolute atomic E-state index is 8.95. The molecular weight excluding hydrogens is 312 g/mol. The van der Waals surface area contributed by atoms with Crippen molar-refractivity contribution >= 4 is 12.2 Å². The topological polar surface area (TPSA) is 60.4 Å². The summed E-state index contributed by atoms with van der Waals surface area (Å²) in [6.07, 6.45) is 0. The number of nitrogens with zero attached hydrogens (tertiary/aromatic N) is 2. The van der Waals surface area contributed by atoms with E-state index in [0.717, 1.165) is 16.9 Å². The van der Waals surface area contributed by atoms with Crippen LogP contribution in [-0.2, 0) is 13.2 Å². The van der Waals surface area contributed by atoms with Gasteiger partial charge in [-0.3, -0.25) is 0 Å². The highest BCUT2D eigenvalue weighted by Gasteiger charge is 2.08. The summed E-state index contributed by atoms with van der Waals surface area (Å²) in [6.45, 7) is 0.805. The van der Waals surface area contributed by atoms with Crippen LogP contribution in [0, 0.1) is 4.84 Å². The lowest BCUT2D eigenvalue weighted by atomic mass is 10.2. The second-order valence-electron chi connectivity index (χ2n) is 4.92. The quantitative estimate of drug-likeness (QED) is 0.702. The Hall–Kier alpha value is -2.44. The monoisotopic (exact) mass is 328 g/mol. The normalized spacial score (nSPS) is 10.7. The molecule has 0 fully saturated rings.